The van der Waals surface area contributed by atoms with Gasteiger partial charge in [0.2, 0.25) is 5.91 Å². The van der Waals surface area contributed by atoms with Gasteiger partial charge in [0, 0.05) is 17.3 Å². The van der Waals surface area contributed by atoms with Crippen molar-refractivity contribution in [2.45, 2.75) is 6.04 Å². The van der Waals surface area contributed by atoms with Crippen molar-refractivity contribution in [1.29, 1.82) is 0 Å². The Hall–Kier alpha value is -1.75. The molecule has 0 spiro atoms. The van der Waals surface area contributed by atoms with Crippen molar-refractivity contribution >= 4 is 29.2 Å². The molecule has 18 heavy (non-hydrogen) atoms. The van der Waals surface area contributed by atoms with Crippen LogP contribution in [0.2, 0.25) is 5.02 Å². The SMILES string of the molecule is COC(=O)C1CN(c2cccc(Cl)c2)CC(=O)N1. The predicted molar refractivity (Wildman–Crippen MR) is 67.6 cm³/mol. The van der Waals surface area contributed by atoms with Gasteiger partial charge in [-0.3, -0.25) is 4.79 Å². The summed E-state index contributed by atoms with van der Waals surface area (Å²) in [5, 5.41) is 3.18. The number of methoxy groups -OCH3 is 1. The molecule has 0 radical (unpaired) electrons. The summed E-state index contributed by atoms with van der Waals surface area (Å²) in [5.41, 5.74) is 0.811. The lowest BCUT2D eigenvalue weighted by Crippen LogP contribution is -2.57. The number of carbonyl (C=O) groups is 2. The van der Waals surface area contributed by atoms with Crippen molar-refractivity contribution in [2.75, 3.05) is 25.1 Å². The second-order valence-corrected chi connectivity index (χ2v) is 4.44. The van der Waals surface area contributed by atoms with E-state index in [1.165, 1.54) is 7.11 Å². The van der Waals surface area contributed by atoms with Crippen LogP contribution in [0.1, 0.15) is 0 Å². The highest BCUT2D eigenvalue weighted by molar-refractivity contribution is 6.30. The molecule has 0 bridgehead atoms. The van der Waals surface area contributed by atoms with Crippen LogP contribution in [0.3, 0.4) is 0 Å². The Morgan fingerprint density at radius 3 is 3.00 bits per heavy atom. The number of carbonyl (C=O) groups excluding carboxylic acids is 2. The first kappa shape index (κ1) is 12.7. The Kier molecular flexibility index (Phi) is 3.72. The fraction of sp³-hybridized carbons (Fsp3) is 0.333. The molecule has 0 aromatic heterocycles. The van der Waals surface area contributed by atoms with Crippen LogP contribution < -0.4 is 10.2 Å². The zero-order valence-corrected chi connectivity index (χ0v) is 10.6. The molecule has 1 unspecified atom stereocenters. The van der Waals surface area contributed by atoms with E-state index < -0.39 is 12.0 Å². The number of nitrogens with one attached hydrogen (secondary N) is 1. The number of hydrogen-bond acceptors (Lipinski definition) is 4. The molecule has 96 valence electrons. The van der Waals surface area contributed by atoms with E-state index in [0.717, 1.165) is 5.69 Å². The first-order chi connectivity index (χ1) is 8.60. The molecular weight excluding hydrogens is 256 g/mol. The van der Waals surface area contributed by atoms with Gasteiger partial charge in [-0.05, 0) is 18.2 Å². The lowest BCUT2D eigenvalue weighted by molar-refractivity contribution is -0.145. The Labute approximate surface area is 110 Å². The predicted octanol–water partition coefficient (Wildman–Crippen LogP) is 0.818. The number of ether oxygens (including phenoxy) is 1. The topological polar surface area (TPSA) is 58.6 Å². The quantitative estimate of drug-likeness (QED) is 0.807. The van der Waals surface area contributed by atoms with Gasteiger partial charge in [0.15, 0.2) is 0 Å². The molecule has 1 amide bonds. The van der Waals surface area contributed by atoms with Crippen LogP contribution in [-0.2, 0) is 14.3 Å². The highest BCUT2D eigenvalue weighted by atomic mass is 35.5. The van der Waals surface area contributed by atoms with Gasteiger partial charge in [-0.15, -0.1) is 0 Å². The van der Waals surface area contributed by atoms with Crippen molar-refractivity contribution < 1.29 is 14.3 Å². The highest BCUT2D eigenvalue weighted by Crippen LogP contribution is 2.20. The van der Waals surface area contributed by atoms with Crippen molar-refractivity contribution in [1.82, 2.24) is 5.32 Å². The van der Waals surface area contributed by atoms with Gasteiger partial charge < -0.3 is 15.0 Å². The molecule has 1 aliphatic heterocycles. The molecule has 0 aliphatic carbocycles. The molecule has 1 aromatic carbocycles. The maximum absolute atomic E-state index is 11.6. The second kappa shape index (κ2) is 5.27. The maximum atomic E-state index is 11.6. The highest BCUT2D eigenvalue weighted by Gasteiger charge is 2.30. The summed E-state index contributed by atoms with van der Waals surface area (Å²) in [4.78, 5) is 24.8. The van der Waals surface area contributed by atoms with Gasteiger partial charge in [0.1, 0.15) is 6.04 Å². The fourth-order valence-electron chi connectivity index (χ4n) is 1.89. The van der Waals surface area contributed by atoms with Gasteiger partial charge in [0.25, 0.3) is 0 Å². The van der Waals surface area contributed by atoms with E-state index in [4.69, 9.17) is 11.6 Å². The van der Waals surface area contributed by atoms with E-state index in [2.05, 4.69) is 10.1 Å². The Morgan fingerprint density at radius 1 is 1.56 bits per heavy atom. The molecule has 1 aliphatic rings. The minimum atomic E-state index is -0.643. The number of hydrogen-bond donors (Lipinski definition) is 1. The largest absolute Gasteiger partial charge is 0.467 e. The lowest BCUT2D eigenvalue weighted by Gasteiger charge is -2.33. The van der Waals surface area contributed by atoms with Gasteiger partial charge in [-0.1, -0.05) is 17.7 Å². The van der Waals surface area contributed by atoms with E-state index in [9.17, 15) is 9.59 Å². The van der Waals surface area contributed by atoms with E-state index in [1.54, 1.807) is 23.1 Å². The number of benzene rings is 1. The smallest absolute Gasteiger partial charge is 0.330 e. The summed E-state index contributed by atoms with van der Waals surface area (Å²) in [5.74, 6) is -0.660. The van der Waals surface area contributed by atoms with Crippen molar-refractivity contribution in [3.05, 3.63) is 29.3 Å². The first-order valence-corrected chi connectivity index (χ1v) is 5.85. The molecule has 1 fully saturated rings. The standard InChI is InChI=1S/C12H13ClN2O3/c1-18-12(17)10-6-15(7-11(16)14-10)9-4-2-3-8(13)5-9/h2-5,10H,6-7H2,1H3,(H,14,16). The summed E-state index contributed by atoms with van der Waals surface area (Å²) in [6.07, 6.45) is 0. The van der Waals surface area contributed by atoms with Gasteiger partial charge in [-0.25, -0.2) is 4.79 Å². The Morgan fingerprint density at radius 2 is 2.33 bits per heavy atom. The molecule has 5 nitrogen and oxygen atoms in total. The summed E-state index contributed by atoms with van der Waals surface area (Å²) in [6.45, 7) is 0.576. The lowest BCUT2D eigenvalue weighted by atomic mass is 10.2. The average Bonchev–Trinajstić information content (AvgIpc) is 2.37. The number of amides is 1. The fourth-order valence-corrected chi connectivity index (χ4v) is 2.07. The van der Waals surface area contributed by atoms with Crippen LogP contribution >= 0.6 is 11.6 Å². The third kappa shape index (κ3) is 2.73. The third-order valence-electron chi connectivity index (χ3n) is 2.73. The van der Waals surface area contributed by atoms with Gasteiger partial charge in [-0.2, -0.15) is 0 Å². The van der Waals surface area contributed by atoms with Gasteiger partial charge in [0.05, 0.1) is 13.7 Å². The van der Waals surface area contributed by atoms with Crippen LogP contribution in [0.5, 0.6) is 0 Å². The number of nitrogens with zero attached hydrogens (tertiary/aromatic N) is 1. The van der Waals surface area contributed by atoms with E-state index in [1.807, 2.05) is 6.07 Å². The summed E-state index contributed by atoms with van der Waals surface area (Å²) in [7, 11) is 1.30. The number of piperazine rings is 1. The third-order valence-corrected chi connectivity index (χ3v) is 2.97. The van der Waals surface area contributed by atoms with Crippen LogP contribution in [-0.4, -0.2) is 38.1 Å². The molecule has 0 saturated carbocycles. The Bertz CT molecular complexity index is 478. The average molecular weight is 269 g/mol. The Balaban J connectivity index is 2.18. The van der Waals surface area contributed by atoms with Crippen LogP contribution in [0.25, 0.3) is 0 Å². The van der Waals surface area contributed by atoms with E-state index >= 15 is 0 Å². The minimum absolute atomic E-state index is 0.202. The summed E-state index contributed by atoms with van der Waals surface area (Å²) in [6, 6.07) is 6.52. The molecule has 1 heterocycles. The van der Waals surface area contributed by atoms with Crippen LogP contribution in [0.15, 0.2) is 24.3 Å². The molecule has 2 rings (SSSR count). The second-order valence-electron chi connectivity index (χ2n) is 4.00. The molecular formula is C12H13ClN2O3. The minimum Gasteiger partial charge on any atom is -0.467 e. The molecule has 1 aromatic rings. The molecule has 6 heteroatoms. The molecule has 1 atom stereocenters. The number of anilines is 1. The molecule has 1 N–H and O–H groups in total. The zero-order chi connectivity index (χ0) is 13.1. The maximum Gasteiger partial charge on any atom is 0.330 e. The zero-order valence-electron chi connectivity index (χ0n) is 9.85. The van der Waals surface area contributed by atoms with Crippen molar-refractivity contribution in [3.8, 4) is 0 Å². The number of halogens is 1. The normalized spacial score (nSPS) is 19.3. The first-order valence-electron chi connectivity index (χ1n) is 5.48. The summed E-state index contributed by atoms with van der Waals surface area (Å²) < 4.78 is 4.64. The number of rotatable bonds is 2. The van der Waals surface area contributed by atoms with Crippen molar-refractivity contribution in [3.63, 3.8) is 0 Å². The van der Waals surface area contributed by atoms with Crippen LogP contribution in [0.4, 0.5) is 5.69 Å². The van der Waals surface area contributed by atoms with Gasteiger partial charge >= 0.3 is 5.97 Å². The van der Waals surface area contributed by atoms with Crippen LogP contribution in [0, 0.1) is 0 Å². The monoisotopic (exact) mass is 268 g/mol. The van der Waals surface area contributed by atoms with E-state index in [0.29, 0.717) is 11.6 Å². The van der Waals surface area contributed by atoms with Crippen molar-refractivity contribution in [2.24, 2.45) is 0 Å². The summed E-state index contributed by atoms with van der Waals surface area (Å²) >= 11 is 5.91. The molecule has 1 saturated heterocycles. The number of esters is 1. The van der Waals surface area contributed by atoms with E-state index in [-0.39, 0.29) is 12.5 Å².